The van der Waals surface area contributed by atoms with Crippen LogP contribution in [0.15, 0.2) is 23.1 Å². The summed E-state index contributed by atoms with van der Waals surface area (Å²) in [5.74, 6) is -1.08. The van der Waals surface area contributed by atoms with Crippen LogP contribution in [0, 0.1) is 13.8 Å². The molecule has 1 aliphatic heterocycles. The molecule has 0 aromatic heterocycles. The number of carboxylic acid groups (broad SMARTS) is 1. The second kappa shape index (κ2) is 4.94. The van der Waals surface area contributed by atoms with Gasteiger partial charge in [0.1, 0.15) is 6.04 Å². The van der Waals surface area contributed by atoms with E-state index in [4.69, 9.17) is 5.11 Å². The number of sulfonamides is 1. The van der Waals surface area contributed by atoms with E-state index >= 15 is 0 Å². The highest BCUT2D eigenvalue weighted by molar-refractivity contribution is 7.89. The number of benzene rings is 1. The van der Waals surface area contributed by atoms with E-state index in [0.29, 0.717) is 18.4 Å². The summed E-state index contributed by atoms with van der Waals surface area (Å²) in [5, 5.41) is 9.11. The van der Waals surface area contributed by atoms with Crippen LogP contribution in [-0.2, 0) is 14.8 Å². The molecule has 0 radical (unpaired) electrons. The first kappa shape index (κ1) is 14.0. The summed E-state index contributed by atoms with van der Waals surface area (Å²) in [5.41, 5.74) is 1.56. The van der Waals surface area contributed by atoms with Gasteiger partial charge < -0.3 is 5.11 Å². The molecular formula is C13H17NO4S. The maximum atomic E-state index is 12.6. The Kier molecular flexibility index (Phi) is 3.64. The molecule has 1 atom stereocenters. The standard InChI is InChI=1S/C13H17NO4S/c1-9-5-3-7-12(10(9)2)19(17,18)14-8-4-6-11(14)13(15)16/h3,5,7,11H,4,6,8H2,1-2H3,(H,15,16). The minimum atomic E-state index is -3.73. The van der Waals surface area contributed by atoms with E-state index in [1.165, 1.54) is 6.07 Å². The summed E-state index contributed by atoms with van der Waals surface area (Å²) in [6.45, 7) is 3.85. The number of carboxylic acids is 1. The maximum Gasteiger partial charge on any atom is 0.322 e. The molecule has 19 heavy (non-hydrogen) atoms. The summed E-state index contributed by atoms with van der Waals surface area (Å²) in [7, 11) is -3.73. The second-order valence-corrected chi connectivity index (χ2v) is 6.67. The van der Waals surface area contributed by atoms with Crippen LogP contribution in [0.4, 0.5) is 0 Å². The maximum absolute atomic E-state index is 12.6. The number of nitrogens with zero attached hydrogens (tertiary/aromatic N) is 1. The first-order valence-electron chi connectivity index (χ1n) is 6.16. The van der Waals surface area contributed by atoms with Crippen LogP contribution in [0.5, 0.6) is 0 Å². The molecule has 1 N–H and O–H groups in total. The monoisotopic (exact) mass is 283 g/mol. The molecule has 1 heterocycles. The molecule has 0 aliphatic carbocycles. The normalized spacial score (nSPS) is 20.6. The number of aryl methyl sites for hydroxylation is 1. The zero-order valence-electron chi connectivity index (χ0n) is 11.0. The lowest BCUT2D eigenvalue weighted by molar-refractivity contribution is -0.140. The fourth-order valence-corrected chi connectivity index (χ4v) is 4.36. The lowest BCUT2D eigenvalue weighted by Crippen LogP contribution is -2.40. The molecule has 0 spiro atoms. The van der Waals surface area contributed by atoms with Gasteiger partial charge in [-0.05, 0) is 43.9 Å². The van der Waals surface area contributed by atoms with E-state index in [0.717, 1.165) is 9.87 Å². The molecule has 1 aromatic rings. The second-order valence-electron chi connectivity index (χ2n) is 4.81. The first-order valence-corrected chi connectivity index (χ1v) is 7.60. The van der Waals surface area contributed by atoms with Gasteiger partial charge in [-0.25, -0.2) is 8.42 Å². The highest BCUT2D eigenvalue weighted by Gasteiger charge is 2.39. The van der Waals surface area contributed by atoms with Crippen molar-refractivity contribution in [3.8, 4) is 0 Å². The molecule has 1 unspecified atom stereocenters. The lowest BCUT2D eigenvalue weighted by Gasteiger charge is -2.22. The topological polar surface area (TPSA) is 74.7 Å². The number of hydrogen-bond donors (Lipinski definition) is 1. The van der Waals surface area contributed by atoms with Gasteiger partial charge in [0.2, 0.25) is 10.0 Å². The van der Waals surface area contributed by atoms with Gasteiger partial charge in [0.15, 0.2) is 0 Å². The lowest BCUT2D eigenvalue weighted by atomic mass is 10.1. The molecule has 1 aromatic carbocycles. The first-order chi connectivity index (χ1) is 8.85. The summed E-state index contributed by atoms with van der Waals surface area (Å²) in [6, 6.07) is 4.12. The number of aliphatic carboxylic acids is 1. The Bertz CT molecular complexity index is 609. The van der Waals surface area contributed by atoms with Gasteiger partial charge >= 0.3 is 5.97 Å². The Morgan fingerprint density at radius 2 is 2.05 bits per heavy atom. The van der Waals surface area contributed by atoms with Crippen molar-refractivity contribution in [2.75, 3.05) is 6.54 Å². The molecule has 5 nitrogen and oxygen atoms in total. The molecule has 1 aliphatic rings. The molecule has 2 rings (SSSR count). The van der Waals surface area contributed by atoms with E-state index in [2.05, 4.69) is 0 Å². The number of carbonyl (C=O) groups is 1. The minimum Gasteiger partial charge on any atom is -0.480 e. The van der Waals surface area contributed by atoms with Crippen LogP contribution in [0.25, 0.3) is 0 Å². The highest BCUT2D eigenvalue weighted by atomic mass is 32.2. The van der Waals surface area contributed by atoms with Gasteiger partial charge in [0.05, 0.1) is 4.90 Å². The molecule has 0 saturated carbocycles. The predicted molar refractivity (Wildman–Crippen MR) is 70.5 cm³/mol. The van der Waals surface area contributed by atoms with Crippen LogP contribution < -0.4 is 0 Å². The van der Waals surface area contributed by atoms with Crippen molar-refractivity contribution in [1.29, 1.82) is 0 Å². The van der Waals surface area contributed by atoms with Crippen molar-refractivity contribution in [1.82, 2.24) is 4.31 Å². The molecule has 0 amide bonds. The van der Waals surface area contributed by atoms with E-state index < -0.39 is 22.0 Å². The summed E-state index contributed by atoms with van der Waals surface area (Å²) in [6.07, 6.45) is 0.959. The van der Waals surface area contributed by atoms with Crippen molar-refractivity contribution in [2.45, 2.75) is 37.6 Å². The molecule has 0 bridgehead atoms. The van der Waals surface area contributed by atoms with Crippen molar-refractivity contribution in [3.05, 3.63) is 29.3 Å². The summed E-state index contributed by atoms with van der Waals surface area (Å²) in [4.78, 5) is 11.3. The Morgan fingerprint density at radius 3 is 2.68 bits per heavy atom. The number of rotatable bonds is 3. The molecule has 104 valence electrons. The predicted octanol–water partition coefficient (Wildman–Crippen LogP) is 1.54. The zero-order valence-corrected chi connectivity index (χ0v) is 11.8. The van der Waals surface area contributed by atoms with Gasteiger partial charge in [-0.2, -0.15) is 4.31 Å². The van der Waals surface area contributed by atoms with Crippen molar-refractivity contribution >= 4 is 16.0 Å². The number of hydrogen-bond acceptors (Lipinski definition) is 3. The minimum absolute atomic E-state index is 0.209. The van der Waals surface area contributed by atoms with E-state index in [1.807, 2.05) is 13.0 Å². The molecule has 6 heteroatoms. The summed E-state index contributed by atoms with van der Waals surface area (Å²) >= 11 is 0. The van der Waals surface area contributed by atoms with Gasteiger partial charge in [0.25, 0.3) is 0 Å². The zero-order chi connectivity index (χ0) is 14.2. The Morgan fingerprint density at radius 1 is 1.37 bits per heavy atom. The van der Waals surface area contributed by atoms with Gasteiger partial charge in [-0.3, -0.25) is 4.79 Å². The van der Waals surface area contributed by atoms with Crippen LogP contribution in [-0.4, -0.2) is 36.4 Å². The fraction of sp³-hybridized carbons (Fsp3) is 0.462. The SMILES string of the molecule is Cc1cccc(S(=O)(=O)N2CCCC2C(=O)O)c1C. The molecular weight excluding hydrogens is 266 g/mol. The van der Waals surface area contributed by atoms with Crippen molar-refractivity contribution < 1.29 is 18.3 Å². The molecule has 1 fully saturated rings. The van der Waals surface area contributed by atoms with Crippen molar-refractivity contribution in [3.63, 3.8) is 0 Å². The molecule has 1 saturated heterocycles. The van der Waals surface area contributed by atoms with Crippen LogP contribution in [0.3, 0.4) is 0 Å². The Balaban J connectivity index is 2.48. The highest BCUT2D eigenvalue weighted by Crippen LogP contribution is 2.28. The van der Waals surface area contributed by atoms with Crippen LogP contribution in [0.1, 0.15) is 24.0 Å². The Labute approximate surface area is 112 Å². The van der Waals surface area contributed by atoms with E-state index in [9.17, 15) is 13.2 Å². The third-order valence-electron chi connectivity index (χ3n) is 3.63. The van der Waals surface area contributed by atoms with E-state index in [-0.39, 0.29) is 11.4 Å². The van der Waals surface area contributed by atoms with Crippen LogP contribution in [0.2, 0.25) is 0 Å². The van der Waals surface area contributed by atoms with Crippen molar-refractivity contribution in [2.24, 2.45) is 0 Å². The van der Waals surface area contributed by atoms with Gasteiger partial charge in [0, 0.05) is 6.54 Å². The Hall–Kier alpha value is -1.40. The average Bonchev–Trinajstić information content (AvgIpc) is 2.82. The largest absolute Gasteiger partial charge is 0.480 e. The average molecular weight is 283 g/mol. The third-order valence-corrected chi connectivity index (χ3v) is 5.68. The van der Waals surface area contributed by atoms with Gasteiger partial charge in [-0.1, -0.05) is 12.1 Å². The quantitative estimate of drug-likeness (QED) is 0.913. The smallest absolute Gasteiger partial charge is 0.322 e. The third kappa shape index (κ3) is 2.37. The van der Waals surface area contributed by atoms with Crippen LogP contribution >= 0.6 is 0 Å². The summed E-state index contributed by atoms with van der Waals surface area (Å²) < 4.78 is 26.3. The van der Waals surface area contributed by atoms with E-state index in [1.54, 1.807) is 13.0 Å². The fourth-order valence-electron chi connectivity index (χ4n) is 2.40. The van der Waals surface area contributed by atoms with Gasteiger partial charge in [-0.15, -0.1) is 0 Å².